The zero-order valence-electron chi connectivity index (χ0n) is 19.8. The van der Waals surface area contributed by atoms with Gasteiger partial charge >= 0.3 is 0 Å². The lowest BCUT2D eigenvalue weighted by molar-refractivity contribution is 0.0752. The van der Waals surface area contributed by atoms with E-state index in [4.69, 9.17) is 21.0 Å². The predicted octanol–water partition coefficient (Wildman–Crippen LogP) is 5.01. The highest BCUT2D eigenvalue weighted by molar-refractivity contribution is 7.12. The monoisotopic (exact) mass is 480 g/mol. The van der Waals surface area contributed by atoms with E-state index in [0.717, 1.165) is 25.7 Å². The third-order valence-corrected chi connectivity index (χ3v) is 6.70. The van der Waals surface area contributed by atoms with Gasteiger partial charge in [0.25, 0.3) is 5.91 Å². The lowest BCUT2D eigenvalue weighted by Gasteiger charge is -2.38. The van der Waals surface area contributed by atoms with Crippen LogP contribution in [0.4, 0.5) is 5.69 Å². The lowest BCUT2D eigenvalue weighted by Crippen LogP contribution is -2.47. The molecule has 0 bridgehead atoms. The Labute approximate surface area is 204 Å². The minimum Gasteiger partial charge on any atom is -0.426 e. The molecule has 0 unspecified atom stereocenters. The standard InChI is InChI=1S/C25H32N6O2S/c1-17(26)33-24(28)18-6-4-7-19(16-18)29-14-13-23(27)31(25(32)22-8-5-15-34-22)21-11-9-20(10-12-21)30(2)3/h4-8,13-16,20-21,26-29H,9-12H2,1-3H3/b14-13-,26-17?,27-23?,28-24?. The van der Waals surface area contributed by atoms with Crippen LogP contribution in [-0.4, -0.2) is 59.5 Å². The van der Waals surface area contributed by atoms with Gasteiger partial charge in [-0.1, -0.05) is 12.1 Å². The summed E-state index contributed by atoms with van der Waals surface area (Å²) in [6, 6.07) is 11.2. The molecule has 0 aliphatic heterocycles. The fourth-order valence-corrected chi connectivity index (χ4v) is 4.74. The summed E-state index contributed by atoms with van der Waals surface area (Å²) in [6.45, 7) is 1.47. The first kappa shape index (κ1) is 25.3. The molecule has 9 heteroatoms. The molecule has 34 heavy (non-hydrogen) atoms. The summed E-state index contributed by atoms with van der Waals surface area (Å²) in [5, 5.41) is 29.0. The van der Waals surface area contributed by atoms with Gasteiger partial charge in [-0.05, 0) is 75.5 Å². The minimum absolute atomic E-state index is 0.00624. The molecule has 1 heterocycles. The molecule has 1 amide bonds. The summed E-state index contributed by atoms with van der Waals surface area (Å²) in [4.78, 5) is 17.8. The van der Waals surface area contributed by atoms with Crippen LogP contribution in [-0.2, 0) is 4.74 Å². The third kappa shape index (κ3) is 6.61. The Morgan fingerprint density at radius 1 is 1.09 bits per heavy atom. The van der Waals surface area contributed by atoms with Crippen LogP contribution < -0.4 is 5.32 Å². The molecule has 8 nitrogen and oxygen atoms in total. The average molecular weight is 481 g/mol. The van der Waals surface area contributed by atoms with Crippen molar-refractivity contribution < 1.29 is 9.53 Å². The first-order valence-corrected chi connectivity index (χ1v) is 12.1. The van der Waals surface area contributed by atoms with Gasteiger partial charge in [0.05, 0.1) is 4.88 Å². The maximum atomic E-state index is 13.3. The SMILES string of the molecule is CC(=N)OC(=N)c1cccc(N/C=C\C(=N)N(C(=O)c2cccs2)C2CCC(N(C)C)CC2)c1. The van der Waals surface area contributed by atoms with Gasteiger partial charge in [-0.2, -0.15) is 0 Å². The molecule has 0 atom stereocenters. The van der Waals surface area contributed by atoms with Gasteiger partial charge in [0.1, 0.15) is 5.84 Å². The van der Waals surface area contributed by atoms with Crippen LogP contribution >= 0.6 is 11.3 Å². The second kappa shape index (κ2) is 11.7. The Balaban J connectivity index is 1.71. The van der Waals surface area contributed by atoms with Gasteiger partial charge in [-0.15, -0.1) is 11.3 Å². The van der Waals surface area contributed by atoms with Crippen molar-refractivity contribution in [3.05, 3.63) is 64.5 Å². The number of hydrogen-bond acceptors (Lipinski definition) is 8. The Morgan fingerprint density at radius 2 is 1.79 bits per heavy atom. The maximum absolute atomic E-state index is 13.3. The number of carbonyl (C=O) groups excluding carboxylic acids is 1. The second-order valence-electron chi connectivity index (χ2n) is 8.51. The van der Waals surface area contributed by atoms with Crippen molar-refractivity contribution in [2.45, 2.75) is 44.7 Å². The highest BCUT2D eigenvalue weighted by atomic mass is 32.1. The molecule has 1 aliphatic carbocycles. The first-order chi connectivity index (χ1) is 16.3. The van der Waals surface area contributed by atoms with Gasteiger partial charge in [0, 0.05) is 36.5 Å². The van der Waals surface area contributed by atoms with E-state index in [9.17, 15) is 4.79 Å². The predicted molar refractivity (Wildman–Crippen MR) is 138 cm³/mol. The van der Waals surface area contributed by atoms with Crippen LogP contribution in [0, 0.1) is 16.2 Å². The zero-order chi connectivity index (χ0) is 24.7. The Morgan fingerprint density at radius 3 is 2.41 bits per heavy atom. The van der Waals surface area contributed by atoms with Gasteiger partial charge in [0.15, 0.2) is 5.90 Å². The fraction of sp³-hybridized carbons (Fsp3) is 0.360. The molecule has 1 aromatic heterocycles. The molecule has 0 saturated heterocycles. The number of ether oxygens (including phenoxy) is 1. The summed E-state index contributed by atoms with van der Waals surface area (Å²) in [5.41, 5.74) is 1.24. The number of hydrogen-bond donors (Lipinski definition) is 4. The number of nitrogens with zero attached hydrogens (tertiary/aromatic N) is 2. The van der Waals surface area contributed by atoms with Crippen LogP contribution in [0.25, 0.3) is 0 Å². The van der Waals surface area contributed by atoms with Crippen molar-refractivity contribution >= 4 is 40.6 Å². The third-order valence-electron chi connectivity index (χ3n) is 5.84. The van der Waals surface area contributed by atoms with E-state index in [1.54, 1.807) is 41.4 Å². The van der Waals surface area contributed by atoms with E-state index in [-0.39, 0.29) is 29.6 Å². The minimum atomic E-state index is -0.132. The lowest BCUT2D eigenvalue weighted by atomic mass is 9.89. The van der Waals surface area contributed by atoms with Crippen molar-refractivity contribution in [2.75, 3.05) is 19.4 Å². The molecule has 3 rings (SSSR count). The smallest absolute Gasteiger partial charge is 0.269 e. The Bertz CT molecular complexity index is 1060. The molecule has 1 aliphatic rings. The van der Waals surface area contributed by atoms with E-state index in [2.05, 4.69) is 24.3 Å². The maximum Gasteiger partial charge on any atom is 0.269 e. The van der Waals surface area contributed by atoms with Gasteiger partial charge < -0.3 is 15.0 Å². The van der Waals surface area contributed by atoms with Crippen molar-refractivity contribution in [1.82, 2.24) is 9.80 Å². The molecular weight excluding hydrogens is 448 g/mol. The van der Waals surface area contributed by atoms with E-state index >= 15 is 0 Å². The van der Waals surface area contributed by atoms with Gasteiger partial charge in [0.2, 0.25) is 5.90 Å². The Kier molecular flexibility index (Phi) is 8.72. The van der Waals surface area contributed by atoms with E-state index in [1.165, 1.54) is 18.3 Å². The summed E-state index contributed by atoms with van der Waals surface area (Å²) >= 11 is 1.39. The number of carbonyl (C=O) groups is 1. The molecule has 1 aromatic carbocycles. The highest BCUT2D eigenvalue weighted by Gasteiger charge is 2.32. The highest BCUT2D eigenvalue weighted by Crippen LogP contribution is 2.28. The van der Waals surface area contributed by atoms with Crippen LogP contribution in [0.5, 0.6) is 0 Å². The normalized spacial score (nSPS) is 18.0. The molecule has 4 N–H and O–H groups in total. The molecule has 0 spiro atoms. The number of anilines is 1. The van der Waals surface area contributed by atoms with Crippen molar-refractivity contribution in [3.63, 3.8) is 0 Å². The van der Waals surface area contributed by atoms with Gasteiger partial charge in [-0.3, -0.25) is 25.9 Å². The summed E-state index contributed by atoms with van der Waals surface area (Å²) < 4.78 is 5.06. The molecule has 1 saturated carbocycles. The van der Waals surface area contributed by atoms with Crippen molar-refractivity contribution in [3.8, 4) is 0 Å². The number of benzene rings is 1. The zero-order valence-corrected chi connectivity index (χ0v) is 20.6. The molecule has 2 aromatic rings. The van der Waals surface area contributed by atoms with E-state index < -0.39 is 0 Å². The van der Waals surface area contributed by atoms with Gasteiger partial charge in [-0.25, -0.2) is 0 Å². The summed E-state index contributed by atoms with van der Waals surface area (Å²) in [5.74, 6) is -0.140. The van der Waals surface area contributed by atoms with Crippen molar-refractivity contribution in [1.29, 1.82) is 16.2 Å². The van der Waals surface area contributed by atoms with Crippen LogP contribution in [0.3, 0.4) is 0 Å². The quantitative estimate of drug-likeness (QED) is 0.329. The second-order valence-corrected chi connectivity index (χ2v) is 9.46. The Hall–Kier alpha value is -3.30. The average Bonchev–Trinajstić information content (AvgIpc) is 3.34. The fourth-order valence-electron chi connectivity index (χ4n) is 4.08. The molecule has 180 valence electrons. The largest absolute Gasteiger partial charge is 0.426 e. The number of thiophene rings is 1. The van der Waals surface area contributed by atoms with Crippen LogP contribution in [0.15, 0.2) is 54.1 Å². The van der Waals surface area contributed by atoms with Crippen LogP contribution in [0.2, 0.25) is 0 Å². The summed E-state index contributed by atoms with van der Waals surface area (Å²) in [7, 11) is 4.18. The molecule has 0 radical (unpaired) electrons. The first-order valence-electron chi connectivity index (χ1n) is 11.2. The number of rotatable bonds is 7. The molecule has 1 fully saturated rings. The summed E-state index contributed by atoms with van der Waals surface area (Å²) in [6.07, 6.45) is 6.95. The number of amidine groups is 1. The molecular formula is C25H32N6O2S. The number of nitrogens with one attached hydrogen (secondary N) is 4. The van der Waals surface area contributed by atoms with E-state index in [0.29, 0.717) is 22.2 Å². The van der Waals surface area contributed by atoms with Crippen molar-refractivity contribution in [2.24, 2.45) is 0 Å². The number of amides is 1. The van der Waals surface area contributed by atoms with E-state index in [1.807, 2.05) is 17.5 Å². The van der Waals surface area contributed by atoms with Crippen LogP contribution in [0.1, 0.15) is 47.8 Å². The topological polar surface area (TPSA) is 116 Å².